The van der Waals surface area contributed by atoms with Gasteiger partial charge in [-0.15, -0.1) is 0 Å². The Balaban J connectivity index is 2.04. The highest BCUT2D eigenvalue weighted by molar-refractivity contribution is 5.90. The highest BCUT2D eigenvalue weighted by atomic mass is 16.1. The van der Waals surface area contributed by atoms with Crippen molar-refractivity contribution in [1.29, 1.82) is 0 Å². The largest absolute Gasteiger partial charge is 0.299 e. The van der Waals surface area contributed by atoms with Gasteiger partial charge in [-0.3, -0.25) is 4.79 Å². The minimum Gasteiger partial charge on any atom is -0.299 e. The van der Waals surface area contributed by atoms with Gasteiger partial charge in [0.25, 0.3) is 0 Å². The molecular weight excluding hydrogens is 196 g/mol. The smallest absolute Gasteiger partial charge is 0.140 e. The van der Waals surface area contributed by atoms with Crippen molar-refractivity contribution in [3.8, 4) is 0 Å². The molecule has 2 aliphatic carbocycles. The summed E-state index contributed by atoms with van der Waals surface area (Å²) < 4.78 is 0. The maximum absolute atomic E-state index is 12.3. The lowest BCUT2D eigenvalue weighted by molar-refractivity contribution is -0.125. The van der Waals surface area contributed by atoms with E-state index in [9.17, 15) is 4.79 Å². The van der Waals surface area contributed by atoms with Crippen molar-refractivity contribution in [2.24, 2.45) is 10.8 Å². The second kappa shape index (κ2) is 2.97. The Hall–Kier alpha value is -1.11. The molecule has 0 bridgehead atoms. The summed E-state index contributed by atoms with van der Waals surface area (Å²) in [4.78, 5) is 12.3. The molecular formula is C15H18O. The first-order valence-corrected chi connectivity index (χ1v) is 6.15. The van der Waals surface area contributed by atoms with Gasteiger partial charge in [-0.1, -0.05) is 38.1 Å². The van der Waals surface area contributed by atoms with Crippen molar-refractivity contribution in [1.82, 2.24) is 0 Å². The monoisotopic (exact) mass is 214 g/mol. The second-order valence-electron chi connectivity index (χ2n) is 6.01. The van der Waals surface area contributed by atoms with Crippen LogP contribution in [0.5, 0.6) is 0 Å². The molecule has 0 aromatic heterocycles. The van der Waals surface area contributed by atoms with Crippen LogP contribution < -0.4 is 0 Å². The van der Waals surface area contributed by atoms with Crippen LogP contribution >= 0.6 is 0 Å². The number of hydrogen-bond donors (Lipinski definition) is 0. The Bertz CT molecular complexity index is 458. The van der Waals surface area contributed by atoms with Crippen LogP contribution in [0.25, 0.3) is 0 Å². The highest BCUT2D eigenvalue weighted by Gasteiger charge is 2.65. The fourth-order valence-corrected chi connectivity index (χ4v) is 3.37. The molecule has 0 heterocycles. The van der Waals surface area contributed by atoms with Gasteiger partial charge in [0, 0.05) is 11.8 Å². The number of Topliss-reactive ketones (excluding diaryl/α,β-unsaturated/α-hetero) is 1. The molecule has 0 radical (unpaired) electrons. The number of hydrogen-bond acceptors (Lipinski definition) is 1. The van der Waals surface area contributed by atoms with Crippen LogP contribution in [0.4, 0.5) is 0 Å². The van der Waals surface area contributed by atoms with Crippen LogP contribution in [-0.2, 0) is 17.6 Å². The summed E-state index contributed by atoms with van der Waals surface area (Å²) in [5.74, 6) is 0.494. The van der Waals surface area contributed by atoms with Crippen molar-refractivity contribution in [2.45, 2.75) is 39.5 Å². The summed E-state index contributed by atoms with van der Waals surface area (Å²) in [6, 6.07) is 8.55. The van der Waals surface area contributed by atoms with Crippen LogP contribution in [0.3, 0.4) is 0 Å². The summed E-state index contributed by atoms with van der Waals surface area (Å²) in [5, 5.41) is 0. The standard InChI is InChI=1S/C15H18O/c1-14(2)10-15(14)9-12-6-4-3-5-11(12)7-8-13(15)16/h3-6H,7-10H2,1-2H3. The zero-order chi connectivity index (χ0) is 11.4. The summed E-state index contributed by atoms with van der Waals surface area (Å²) in [6.45, 7) is 4.47. The summed E-state index contributed by atoms with van der Waals surface area (Å²) >= 11 is 0. The van der Waals surface area contributed by atoms with E-state index in [4.69, 9.17) is 0 Å². The first kappa shape index (κ1) is 10.1. The highest BCUT2D eigenvalue weighted by Crippen LogP contribution is 2.66. The molecule has 1 aromatic carbocycles. The molecule has 1 heteroatoms. The molecule has 1 spiro atoms. The van der Waals surface area contributed by atoms with Gasteiger partial charge >= 0.3 is 0 Å². The molecule has 1 fully saturated rings. The third-order valence-corrected chi connectivity index (χ3v) is 4.68. The van der Waals surface area contributed by atoms with Crippen molar-refractivity contribution in [2.75, 3.05) is 0 Å². The molecule has 0 saturated heterocycles. The van der Waals surface area contributed by atoms with Gasteiger partial charge in [0.1, 0.15) is 5.78 Å². The van der Waals surface area contributed by atoms with Gasteiger partial charge in [0.05, 0.1) is 0 Å². The number of benzene rings is 1. The van der Waals surface area contributed by atoms with Crippen molar-refractivity contribution < 1.29 is 4.79 Å². The topological polar surface area (TPSA) is 17.1 Å². The van der Waals surface area contributed by atoms with Gasteiger partial charge < -0.3 is 0 Å². The van der Waals surface area contributed by atoms with Crippen LogP contribution in [0.1, 0.15) is 37.8 Å². The number of rotatable bonds is 0. The van der Waals surface area contributed by atoms with E-state index in [1.165, 1.54) is 11.1 Å². The lowest BCUT2D eigenvalue weighted by Gasteiger charge is -2.17. The van der Waals surface area contributed by atoms with E-state index >= 15 is 0 Å². The molecule has 0 aliphatic heterocycles. The molecule has 1 unspecified atom stereocenters. The molecule has 16 heavy (non-hydrogen) atoms. The molecule has 0 N–H and O–H groups in total. The molecule has 84 valence electrons. The molecule has 3 rings (SSSR count). The van der Waals surface area contributed by atoms with Gasteiger partial charge in [-0.05, 0) is 35.8 Å². The second-order valence-corrected chi connectivity index (χ2v) is 6.01. The number of carbonyl (C=O) groups is 1. The number of fused-ring (bicyclic) bond motifs is 1. The third-order valence-electron chi connectivity index (χ3n) is 4.68. The number of carbonyl (C=O) groups excluding carboxylic acids is 1. The average molecular weight is 214 g/mol. The van der Waals surface area contributed by atoms with E-state index in [0.29, 0.717) is 5.78 Å². The van der Waals surface area contributed by atoms with E-state index in [0.717, 1.165) is 25.7 Å². The zero-order valence-corrected chi connectivity index (χ0v) is 10.0. The van der Waals surface area contributed by atoms with Crippen molar-refractivity contribution in [3.63, 3.8) is 0 Å². The number of ketones is 1. The first-order chi connectivity index (χ1) is 7.55. The van der Waals surface area contributed by atoms with Crippen LogP contribution in [-0.4, -0.2) is 5.78 Å². The summed E-state index contributed by atoms with van der Waals surface area (Å²) in [5.41, 5.74) is 2.98. The van der Waals surface area contributed by atoms with E-state index in [1.54, 1.807) is 0 Å². The lowest BCUT2D eigenvalue weighted by Crippen LogP contribution is -2.22. The first-order valence-electron chi connectivity index (χ1n) is 6.15. The van der Waals surface area contributed by atoms with E-state index in [2.05, 4.69) is 38.1 Å². The maximum Gasteiger partial charge on any atom is 0.140 e. The SMILES string of the molecule is CC1(C)CC12Cc1ccccc1CCC2=O. The molecule has 2 aliphatic rings. The minimum absolute atomic E-state index is 0.0282. The Morgan fingerprint density at radius 3 is 2.31 bits per heavy atom. The average Bonchev–Trinajstić information content (AvgIpc) is 2.83. The van der Waals surface area contributed by atoms with Crippen LogP contribution in [0.2, 0.25) is 0 Å². The summed E-state index contributed by atoms with van der Waals surface area (Å²) in [7, 11) is 0. The molecule has 1 aromatic rings. The number of aryl methyl sites for hydroxylation is 1. The normalized spacial score (nSPS) is 31.0. The minimum atomic E-state index is -0.0282. The van der Waals surface area contributed by atoms with Crippen LogP contribution in [0.15, 0.2) is 24.3 Å². The predicted molar refractivity (Wildman–Crippen MR) is 64.3 cm³/mol. The molecule has 1 nitrogen and oxygen atoms in total. The van der Waals surface area contributed by atoms with Gasteiger partial charge in [-0.2, -0.15) is 0 Å². The Morgan fingerprint density at radius 1 is 1.06 bits per heavy atom. The molecule has 1 atom stereocenters. The molecule has 1 saturated carbocycles. The summed E-state index contributed by atoms with van der Waals surface area (Å²) in [6.07, 6.45) is 3.72. The Morgan fingerprint density at radius 2 is 1.69 bits per heavy atom. The van der Waals surface area contributed by atoms with Gasteiger partial charge in [0.2, 0.25) is 0 Å². The van der Waals surface area contributed by atoms with E-state index in [1.807, 2.05) is 0 Å². The van der Waals surface area contributed by atoms with Gasteiger partial charge in [0.15, 0.2) is 0 Å². The predicted octanol–water partition coefficient (Wildman–Crippen LogP) is 3.16. The fourth-order valence-electron chi connectivity index (χ4n) is 3.37. The lowest BCUT2D eigenvalue weighted by atomic mass is 9.85. The third kappa shape index (κ3) is 1.20. The quantitative estimate of drug-likeness (QED) is 0.648. The Kier molecular flexibility index (Phi) is 1.87. The van der Waals surface area contributed by atoms with Crippen molar-refractivity contribution >= 4 is 5.78 Å². The van der Waals surface area contributed by atoms with E-state index < -0.39 is 0 Å². The maximum atomic E-state index is 12.3. The Labute approximate surface area is 96.9 Å². The fraction of sp³-hybridized carbons (Fsp3) is 0.533. The molecule has 0 amide bonds. The zero-order valence-electron chi connectivity index (χ0n) is 10.0. The van der Waals surface area contributed by atoms with Crippen molar-refractivity contribution in [3.05, 3.63) is 35.4 Å². The van der Waals surface area contributed by atoms with Crippen LogP contribution in [0, 0.1) is 10.8 Å². The van der Waals surface area contributed by atoms with Gasteiger partial charge in [-0.25, -0.2) is 0 Å². The van der Waals surface area contributed by atoms with E-state index in [-0.39, 0.29) is 10.8 Å².